The molecule has 0 unspecified atom stereocenters. The molecule has 0 spiro atoms. The summed E-state index contributed by atoms with van der Waals surface area (Å²) in [4.78, 5) is 15.3. The van der Waals surface area contributed by atoms with E-state index in [1.54, 1.807) is 0 Å². The van der Waals surface area contributed by atoms with Gasteiger partial charge in [0, 0.05) is 33.4 Å². The average molecular weight is 1680 g/mol. The molecule has 132 heavy (non-hydrogen) atoms. The van der Waals surface area contributed by atoms with E-state index in [0.29, 0.717) is 16.7 Å². The maximum atomic E-state index is 9.23. The molecule has 0 radical (unpaired) electrons. The second-order valence-electron chi connectivity index (χ2n) is 32.6. The molecule has 0 amide bonds. The molecule has 0 aliphatic rings. The Morgan fingerprint density at radius 3 is 0.538 bits per heavy atom. The minimum Gasteiger partial charge on any atom is -0.248 e. The molecule has 0 aliphatic heterocycles. The molecule has 6 heteroatoms. The van der Waals surface area contributed by atoms with Gasteiger partial charge in [0.05, 0.1) is 69.1 Å². The van der Waals surface area contributed by atoms with Gasteiger partial charge in [-0.1, -0.05) is 419 Å². The highest BCUT2D eigenvalue weighted by Crippen LogP contribution is 2.44. The molecule has 0 fully saturated rings. The van der Waals surface area contributed by atoms with Gasteiger partial charge in [-0.05, 0) is 222 Å². The van der Waals surface area contributed by atoms with Crippen LogP contribution in [-0.2, 0) is 0 Å². The molecular formula is C126H82N6. The first-order chi connectivity index (χ1) is 65.3. The summed E-state index contributed by atoms with van der Waals surface area (Å²) < 4.78 is 0. The Balaban J connectivity index is 0.000000124. The van der Waals surface area contributed by atoms with Crippen LogP contribution in [0.5, 0.6) is 0 Å². The number of pyridine rings is 3. The van der Waals surface area contributed by atoms with Gasteiger partial charge in [0.25, 0.3) is 0 Å². The summed E-state index contributed by atoms with van der Waals surface area (Å²) in [6.07, 6.45) is 0. The van der Waals surface area contributed by atoms with E-state index in [1.807, 2.05) is 109 Å². The predicted octanol–water partition coefficient (Wildman–Crippen LogP) is 33.0. The Morgan fingerprint density at radius 1 is 0.121 bits per heavy atom. The van der Waals surface area contributed by atoms with E-state index in [1.165, 1.54) is 82.4 Å². The zero-order chi connectivity index (χ0) is 88.9. The molecule has 22 rings (SSSR count). The lowest BCUT2D eigenvalue weighted by Gasteiger charge is -2.14. The SMILES string of the molecule is N#Cc1ccc(-c2ccc(-c3ccc(-c4cc(-c5ccccc5)cc(-c5ccccc5)n4)cc3)c3ccccc23)cc1.N#Cc1ccc(-c2ccc(-c3ccc(-c4ccc(-c5cc(-c6ccccc6)cc(-c6ccccc6)n5)cc4)c4ccccc34)cc2)cc1.N#Cc1ccc(-c2ccc(-c3cccc(-c4cc(-c5ccccc5)cc(-c5ccccc5)n4)c3)c3ccccc23)cc1. The molecule has 0 N–H and O–H groups in total. The van der Waals surface area contributed by atoms with E-state index in [4.69, 9.17) is 20.2 Å². The van der Waals surface area contributed by atoms with Crippen LogP contribution in [0, 0.1) is 34.0 Å². The van der Waals surface area contributed by atoms with Crippen molar-refractivity contribution in [2.24, 2.45) is 0 Å². The Hall–Kier alpha value is -18.1. The van der Waals surface area contributed by atoms with Crippen LogP contribution in [0.4, 0.5) is 0 Å². The first kappa shape index (κ1) is 82.2. The Bertz CT molecular complexity index is 7880. The van der Waals surface area contributed by atoms with Crippen LogP contribution in [-0.4, -0.2) is 15.0 Å². The molecule has 616 valence electrons. The van der Waals surface area contributed by atoms with Crippen molar-refractivity contribution in [3.63, 3.8) is 0 Å². The lowest BCUT2D eigenvalue weighted by molar-refractivity contribution is 1.32. The van der Waals surface area contributed by atoms with Gasteiger partial charge in [-0.15, -0.1) is 0 Å². The largest absolute Gasteiger partial charge is 0.248 e. The summed E-state index contributed by atoms with van der Waals surface area (Å²) in [7, 11) is 0. The second kappa shape index (κ2) is 38.0. The van der Waals surface area contributed by atoms with Gasteiger partial charge in [-0.3, -0.25) is 0 Å². The van der Waals surface area contributed by atoms with Crippen molar-refractivity contribution in [1.29, 1.82) is 15.8 Å². The van der Waals surface area contributed by atoms with E-state index in [-0.39, 0.29) is 0 Å². The van der Waals surface area contributed by atoms with Crippen molar-refractivity contribution in [3.8, 4) is 197 Å². The topological polar surface area (TPSA) is 110 Å². The number of hydrogen-bond donors (Lipinski definition) is 0. The van der Waals surface area contributed by atoms with Gasteiger partial charge in [0.1, 0.15) is 0 Å². The smallest absolute Gasteiger partial charge is 0.0991 e. The Labute approximate surface area is 768 Å². The van der Waals surface area contributed by atoms with Gasteiger partial charge in [-0.2, -0.15) is 15.8 Å². The van der Waals surface area contributed by atoms with Crippen LogP contribution >= 0.6 is 0 Å². The van der Waals surface area contributed by atoms with Crippen LogP contribution in [0.3, 0.4) is 0 Å². The van der Waals surface area contributed by atoms with Crippen molar-refractivity contribution >= 4 is 32.3 Å². The Morgan fingerprint density at radius 2 is 0.288 bits per heavy atom. The molecule has 0 aliphatic carbocycles. The van der Waals surface area contributed by atoms with Crippen LogP contribution in [0.2, 0.25) is 0 Å². The fourth-order valence-electron chi connectivity index (χ4n) is 17.6. The molecule has 0 atom stereocenters. The van der Waals surface area contributed by atoms with Gasteiger partial charge in [0.15, 0.2) is 0 Å². The van der Waals surface area contributed by atoms with Gasteiger partial charge < -0.3 is 0 Å². The molecule has 3 aromatic heterocycles. The minimum absolute atomic E-state index is 0.664. The monoisotopic (exact) mass is 1680 g/mol. The first-order valence-corrected chi connectivity index (χ1v) is 44.2. The summed E-state index contributed by atoms with van der Waals surface area (Å²) >= 11 is 0. The molecule has 0 bridgehead atoms. The van der Waals surface area contributed by atoms with Crippen molar-refractivity contribution in [2.75, 3.05) is 0 Å². The van der Waals surface area contributed by atoms with Gasteiger partial charge in [0.2, 0.25) is 0 Å². The number of aromatic nitrogens is 3. The van der Waals surface area contributed by atoms with Crippen molar-refractivity contribution in [2.45, 2.75) is 0 Å². The zero-order valence-electron chi connectivity index (χ0n) is 72.0. The van der Waals surface area contributed by atoms with E-state index in [0.717, 1.165) is 129 Å². The number of rotatable bonds is 16. The lowest BCUT2D eigenvalue weighted by atomic mass is 9.91. The van der Waals surface area contributed by atoms with Gasteiger partial charge in [-0.25, -0.2) is 15.0 Å². The van der Waals surface area contributed by atoms with E-state index >= 15 is 0 Å². The third-order valence-corrected chi connectivity index (χ3v) is 24.4. The van der Waals surface area contributed by atoms with Crippen molar-refractivity contribution in [3.05, 3.63) is 514 Å². The number of benzene rings is 19. The normalized spacial score (nSPS) is 10.9. The fourth-order valence-corrected chi connectivity index (χ4v) is 17.6. The molecule has 0 saturated carbocycles. The minimum atomic E-state index is 0.664. The number of nitriles is 3. The lowest BCUT2D eigenvalue weighted by Crippen LogP contribution is -1.92. The third-order valence-electron chi connectivity index (χ3n) is 24.4. The predicted molar refractivity (Wildman–Crippen MR) is 546 cm³/mol. The molecule has 3 heterocycles. The van der Waals surface area contributed by atoms with Crippen molar-refractivity contribution < 1.29 is 0 Å². The first-order valence-electron chi connectivity index (χ1n) is 44.2. The zero-order valence-corrected chi connectivity index (χ0v) is 72.0. The number of nitrogens with zero attached hydrogens (tertiary/aromatic N) is 6. The molecule has 22 aromatic rings. The summed E-state index contributed by atoms with van der Waals surface area (Å²) in [6.45, 7) is 0. The highest BCUT2D eigenvalue weighted by atomic mass is 14.7. The maximum absolute atomic E-state index is 9.23. The van der Waals surface area contributed by atoms with Crippen LogP contribution in [0.15, 0.2) is 497 Å². The third kappa shape index (κ3) is 17.8. The molecule has 0 saturated heterocycles. The summed E-state index contributed by atoms with van der Waals surface area (Å²) in [6, 6.07) is 179. The summed E-state index contributed by atoms with van der Waals surface area (Å²) in [5, 5.41) is 34.8. The standard InChI is InChI=1S/C46H30N2.2C40H26N2/c47-31-32-15-17-34(18-16-32)35-19-21-36(22-20-35)41-27-28-42(44-14-8-7-13-43(41)44)37-23-25-39(26-24-37)46-30-40(33-9-3-1-4-10-33)29-45(48-46)38-11-5-2-6-12-38;41-27-28-18-20-30(21-19-28)35-22-23-36(38-17-8-7-16-37(35)38)32-14-9-15-33(24-32)40-26-34(29-10-3-1-4-11-29)25-39(42-40)31-12-5-2-6-13-31;41-27-28-15-17-30(18-16-28)35-23-24-36(38-14-8-7-13-37(35)38)31-19-21-33(22-20-31)40-26-34(29-9-3-1-4-10-29)25-39(42-40)32-11-5-2-6-12-32/h1-30H;2*1-26H. The van der Waals surface area contributed by atoms with Crippen LogP contribution in [0.1, 0.15) is 16.7 Å². The molecule has 6 nitrogen and oxygen atoms in total. The molecule has 19 aromatic carbocycles. The Kier molecular flexibility index (Phi) is 23.6. The summed E-state index contributed by atoms with van der Waals surface area (Å²) in [5.74, 6) is 0. The maximum Gasteiger partial charge on any atom is 0.0991 e. The number of hydrogen-bond acceptors (Lipinski definition) is 6. The highest BCUT2D eigenvalue weighted by Gasteiger charge is 2.19. The highest BCUT2D eigenvalue weighted by molar-refractivity contribution is 6.08. The van der Waals surface area contributed by atoms with E-state index < -0.39 is 0 Å². The number of fused-ring (bicyclic) bond motifs is 3. The second-order valence-corrected chi connectivity index (χ2v) is 32.6. The van der Waals surface area contributed by atoms with E-state index in [2.05, 4.69) is 406 Å². The average Bonchev–Trinajstić information content (AvgIpc) is 0.776. The summed E-state index contributed by atoms with van der Waals surface area (Å²) in [5.41, 5.74) is 37.3. The van der Waals surface area contributed by atoms with Crippen LogP contribution in [0.25, 0.3) is 211 Å². The van der Waals surface area contributed by atoms with E-state index in [9.17, 15) is 10.5 Å². The van der Waals surface area contributed by atoms with Crippen molar-refractivity contribution in [1.82, 2.24) is 15.0 Å². The van der Waals surface area contributed by atoms with Crippen LogP contribution < -0.4 is 0 Å². The van der Waals surface area contributed by atoms with Gasteiger partial charge >= 0.3 is 0 Å². The fraction of sp³-hybridized carbons (Fsp3) is 0. The molecular weight excluding hydrogens is 1600 g/mol. The quantitative estimate of drug-likeness (QED) is 0.0953.